The van der Waals surface area contributed by atoms with E-state index in [0.29, 0.717) is 0 Å². The Morgan fingerprint density at radius 2 is 0.985 bits per heavy atom. The Hall–Kier alpha value is -7.99. The van der Waals surface area contributed by atoms with Crippen LogP contribution in [0.4, 0.5) is 34.1 Å². The Bertz CT molecular complexity index is 3770. The summed E-state index contributed by atoms with van der Waals surface area (Å²) < 4.78 is 7.49. The van der Waals surface area contributed by atoms with Gasteiger partial charge in [0.05, 0.1) is 10.2 Å². The van der Waals surface area contributed by atoms with E-state index in [4.69, 9.17) is 9.40 Å². The second-order valence-corrected chi connectivity index (χ2v) is 18.6. The summed E-state index contributed by atoms with van der Waals surface area (Å²) in [6, 6.07) is 76.5. The smallest absolute Gasteiger partial charge is 0.135 e. The summed E-state index contributed by atoms with van der Waals surface area (Å²) in [6.07, 6.45) is 0. The second kappa shape index (κ2) is 14.5. The number of furan rings is 1. The van der Waals surface area contributed by atoms with Crippen LogP contribution < -0.4 is 9.80 Å². The zero-order chi connectivity index (χ0) is 43.2. The van der Waals surface area contributed by atoms with Crippen LogP contribution in [0.25, 0.3) is 75.4 Å². The van der Waals surface area contributed by atoms with Gasteiger partial charge in [0.15, 0.2) is 0 Å². The zero-order valence-corrected chi connectivity index (χ0v) is 36.7. The lowest BCUT2D eigenvalue weighted by Crippen LogP contribution is -2.14. The quantitative estimate of drug-likeness (QED) is 0.150. The van der Waals surface area contributed by atoms with Crippen LogP contribution in [0.1, 0.15) is 25.0 Å². The molecule has 2 aromatic heterocycles. The first kappa shape index (κ1) is 37.6. The minimum atomic E-state index is -0.143. The molecule has 0 N–H and O–H groups in total. The molecule has 4 nitrogen and oxygen atoms in total. The van der Waals surface area contributed by atoms with Crippen molar-refractivity contribution < 1.29 is 4.42 Å². The molecule has 0 saturated heterocycles. The molecule has 5 heteroatoms. The van der Waals surface area contributed by atoms with Gasteiger partial charge in [-0.05, 0) is 159 Å². The number of hydrogen-bond acceptors (Lipinski definition) is 5. The van der Waals surface area contributed by atoms with E-state index in [1.54, 1.807) is 11.3 Å². The fourth-order valence-corrected chi connectivity index (χ4v) is 11.2. The maximum absolute atomic E-state index is 6.29. The number of fused-ring (bicyclic) bond motifs is 10. The van der Waals surface area contributed by atoms with Crippen molar-refractivity contribution in [2.75, 3.05) is 9.80 Å². The van der Waals surface area contributed by atoms with Gasteiger partial charge in [-0.2, -0.15) is 0 Å². The lowest BCUT2D eigenvalue weighted by molar-refractivity contribution is 0.662. The topological polar surface area (TPSA) is 32.5 Å². The van der Waals surface area contributed by atoms with Crippen molar-refractivity contribution in [2.45, 2.75) is 19.3 Å². The van der Waals surface area contributed by atoms with Crippen LogP contribution in [0.15, 0.2) is 217 Å². The van der Waals surface area contributed by atoms with Crippen LogP contribution >= 0.6 is 11.3 Å². The molecule has 0 radical (unpaired) electrons. The van der Waals surface area contributed by atoms with E-state index >= 15 is 0 Å². The van der Waals surface area contributed by atoms with E-state index in [1.165, 1.54) is 48.5 Å². The monoisotopic (exact) mass is 851 g/mol. The van der Waals surface area contributed by atoms with E-state index in [2.05, 4.69) is 224 Å². The summed E-state index contributed by atoms with van der Waals surface area (Å²) in [5.74, 6) is 0. The van der Waals surface area contributed by atoms with Crippen molar-refractivity contribution in [2.24, 2.45) is 0 Å². The highest BCUT2D eigenvalue weighted by atomic mass is 32.1. The Labute approximate surface area is 380 Å². The Morgan fingerprint density at radius 1 is 0.415 bits per heavy atom. The summed E-state index contributed by atoms with van der Waals surface area (Å²) in [5, 5.41) is 8.36. The van der Waals surface area contributed by atoms with Gasteiger partial charge in [0.1, 0.15) is 16.2 Å². The normalized spacial score (nSPS) is 12.9. The van der Waals surface area contributed by atoms with Crippen molar-refractivity contribution in [3.05, 3.63) is 223 Å². The van der Waals surface area contributed by atoms with Gasteiger partial charge in [-0.1, -0.05) is 111 Å². The number of nitrogens with zero attached hydrogens (tertiary/aromatic N) is 3. The molecule has 2 heterocycles. The number of aromatic nitrogens is 1. The van der Waals surface area contributed by atoms with E-state index in [9.17, 15) is 0 Å². The largest absolute Gasteiger partial charge is 0.456 e. The minimum Gasteiger partial charge on any atom is -0.456 e. The van der Waals surface area contributed by atoms with Crippen LogP contribution in [0.5, 0.6) is 0 Å². The van der Waals surface area contributed by atoms with Crippen LogP contribution in [0.2, 0.25) is 0 Å². The van der Waals surface area contributed by atoms with Gasteiger partial charge in [-0.3, -0.25) is 0 Å². The number of hydrogen-bond donors (Lipinski definition) is 0. The number of anilines is 6. The number of thiazole rings is 1. The van der Waals surface area contributed by atoms with Crippen molar-refractivity contribution >= 4 is 99.2 Å². The molecule has 1 aliphatic rings. The molecular formula is C60H41N3OS. The molecule has 0 saturated carbocycles. The molecule has 0 unspecified atom stereocenters. The molecule has 308 valence electrons. The molecular weight excluding hydrogens is 811 g/mol. The van der Waals surface area contributed by atoms with Crippen molar-refractivity contribution in [3.8, 4) is 21.7 Å². The maximum atomic E-state index is 6.29. The first-order valence-electron chi connectivity index (χ1n) is 22.2. The molecule has 0 spiro atoms. The van der Waals surface area contributed by atoms with Gasteiger partial charge in [0.2, 0.25) is 0 Å². The number of para-hydroxylation sites is 3. The van der Waals surface area contributed by atoms with Gasteiger partial charge in [-0.15, -0.1) is 11.3 Å². The average molecular weight is 852 g/mol. The number of rotatable bonds is 7. The highest BCUT2D eigenvalue weighted by Gasteiger charge is 2.36. The third-order valence-corrected chi connectivity index (χ3v) is 14.5. The summed E-state index contributed by atoms with van der Waals surface area (Å²) >= 11 is 1.77. The van der Waals surface area contributed by atoms with Crippen LogP contribution in [-0.2, 0) is 5.41 Å². The molecule has 12 aromatic rings. The Balaban J connectivity index is 0.912. The van der Waals surface area contributed by atoms with E-state index in [1.807, 2.05) is 12.1 Å². The molecule has 0 fully saturated rings. The summed E-state index contributed by atoms with van der Waals surface area (Å²) in [6.45, 7) is 4.72. The molecule has 0 bridgehead atoms. The summed E-state index contributed by atoms with van der Waals surface area (Å²) in [4.78, 5) is 9.97. The van der Waals surface area contributed by atoms with E-state index in [0.717, 1.165) is 72.2 Å². The average Bonchev–Trinajstić information content (AvgIpc) is 4.01. The summed E-state index contributed by atoms with van der Waals surface area (Å²) in [5.41, 5.74) is 15.5. The SMILES string of the molecule is CC1(C)c2cc3ccc4ccccc4c3cc2-c2cc3sc(-c4ccc(N(c5cccc(N(c6ccccc6)c6ccccc6)c5)c5ccc6oc7ccccc7c6c5)cc4)nc3cc21. The highest BCUT2D eigenvalue weighted by molar-refractivity contribution is 7.21. The predicted molar refractivity (Wildman–Crippen MR) is 274 cm³/mol. The van der Waals surface area contributed by atoms with Gasteiger partial charge < -0.3 is 14.2 Å². The van der Waals surface area contributed by atoms with Crippen LogP contribution in [-0.4, -0.2) is 4.98 Å². The lowest BCUT2D eigenvalue weighted by Gasteiger charge is -2.29. The van der Waals surface area contributed by atoms with E-state index < -0.39 is 0 Å². The van der Waals surface area contributed by atoms with E-state index in [-0.39, 0.29) is 5.41 Å². The second-order valence-electron chi connectivity index (χ2n) is 17.6. The third kappa shape index (κ3) is 6.07. The van der Waals surface area contributed by atoms with Crippen molar-refractivity contribution in [3.63, 3.8) is 0 Å². The number of benzene rings is 10. The molecule has 1 aliphatic carbocycles. The molecule has 10 aromatic carbocycles. The van der Waals surface area contributed by atoms with Crippen LogP contribution in [0, 0.1) is 0 Å². The minimum absolute atomic E-state index is 0.143. The van der Waals surface area contributed by atoms with Crippen molar-refractivity contribution in [1.29, 1.82) is 0 Å². The molecule has 65 heavy (non-hydrogen) atoms. The van der Waals surface area contributed by atoms with Gasteiger partial charge in [0.25, 0.3) is 0 Å². The van der Waals surface area contributed by atoms with Crippen LogP contribution in [0.3, 0.4) is 0 Å². The Kier molecular flexibility index (Phi) is 8.39. The summed E-state index contributed by atoms with van der Waals surface area (Å²) in [7, 11) is 0. The lowest BCUT2D eigenvalue weighted by atomic mass is 9.81. The van der Waals surface area contributed by atoms with Crippen molar-refractivity contribution in [1.82, 2.24) is 4.98 Å². The highest BCUT2D eigenvalue weighted by Crippen LogP contribution is 2.52. The molecule has 0 aliphatic heterocycles. The Morgan fingerprint density at radius 3 is 1.75 bits per heavy atom. The fraction of sp³-hybridized carbons (Fsp3) is 0.0500. The van der Waals surface area contributed by atoms with Gasteiger partial charge in [-0.25, -0.2) is 4.98 Å². The maximum Gasteiger partial charge on any atom is 0.135 e. The molecule has 0 amide bonds. The van der Waals surface area contributed by atoms with Gasteiger partial charge in [0, 0.05) is 55.9 Å². The predicted octanol–water partition coefficient (Wildman–Crippen LogP) is 17.4. The van der Waals surface area contributed by atoms with Gasteiger partial charge >= 0.3 is 0 Å². The molecule has 13 rings (SSSR count). The first-order chi connectivity index (χ1) is 31.9. The molecule has 0 atom stereocenters. The fourth-order valence-electron chi connectivity index (χ4n) is 10.2. The standard InChI is InChI=1S/C60H41N3OS/c1-60(2)53-32-40-25-24-38-14-9-10-21-47(38)49(40)35-50(53)51-36-58-55(37-54(51)60)61-59(65-58)39-26-28-43(29-27-39)63(46-30-31-57-52(34-46)48-22-11-12-23-56(48)64-57)45-20-13-19-44(33-45)62(41-15-5-3-6-16-41)42-17-7-4-8-18-42/h3-37H,1-2H3. The zero-order valence-electron chi connectivity index (χ0n) is 35.9. The third-order valence-electron chi connectivity index (χ3n) is 13.4. The first-order valence-corrected chi connectivity index (χ1v) is 23.0.